The van der Waals surface area contributed by atoms with Gasteiger partial charge in [0.05, 0.1) is 5.56 Å². The molecule has 0 atom stereocenters. The van der Waals surface area contributed by atoms with E-state index in [-0.39, 0.29) is 0 Å². The van der Waals surface area contributed by atoms with E-state index < -0.39 is 17.5 Å². The molecule has 0 heterocycles. The molecule has 0 saturated carbocycles. The van der Waals surface area contributed by atoms with Crippen molar-refractivity contribution in [3.8, 4) is 6.07 Å². The maximum atomic E-state index is 12.2. The zero-order chi connectivity index (χ0) is 12.2. The first-order chi connectivity index (χ1) is 7.43. The Balaban J connectivity index is 2.85. The summed E-state index contributed by atoms with van der Waals surface area (Å²) in [5, 5.41) is 8.16. The lowest BCUT2D eigenvalue weighted by atomic mass is 10.1. The van der Waals surface area contributed by atoms with Crippen molar-refractivity contribution in [1.82, 2.24) is 0 Å². The summed E-state index contributed by atoms with van der Waals surface area (Å²) in [5.41, 5.74) is -0.326. The van der Waals surface area contributed by atoms with Crippen molar-refractivity contribution in [2.45, 2.75) is 6.18 Å². The number of hydrogen-bond acceptors (Lipinski definition) is 2. The van der Waals surface area contributed by atoms with Crippen LogP contribution in [0, 0.1) is 11.3 Å². The van der Waals surface area contributed by atoms with Crippen LogP contribution in [-0.4, -0.2) is 5.78 Å². The van der Waals surface area contributed by atoms with E-state index in [9.17, 15) is 18.0 Å². The van der Waals surface area contributed by atoms with E-state index >= 15 is 0 Å². The molecule has 2 nitrogen and oxygen atoms in total. The van der Waals surface area contributed by atoms with Gasteiger partial charge in [-0.05, 0) is 23.8 Å². The highest BCUT2D eigenvalue weighted by Gasteiger charge is 2.29. The molecule has 0 aromatic heterocycles. The van der Waals surface area contributed by atoms with Gasteiger partial charge in [-0.2, -0.15) is 18.4 Å². The minimum atomic E-state index is -4.37. The summed E-state index contributed by atoms with van der Waals surface area (Å²) in [6, 6.07) is 5.64. The van der Waals surface area contributed by atoms with Crippen molar-refractivity contribution in [2.24, 2.45) is 0 Å². The maximum absolute atomic E-state index is 12.2. The number of halogens is 3. The van der Waals surface area contributed by atoms with Gasteiger partial charge in [0.1, 0.15) is 6.07 Å². The van der Waals surface area contributed by atoms with Gasteiger partial charge in [-0.15, -0.1) is 0 Å². The number of allylic oxidation sites excluding steroid dienone is 1. The minimum absolute atomic E-state index is 0.427. The molecule has 1 aromatic carbocycles. The van der Waals surface area contributed by atoms with Gasteiger partial charge in [0, 0.05) is 0 Å². The first-order valence-corrected chi connectivity index (χ1v) is 4.23. The first-order valence-electron chi connectivity index (χ1n) is 4.23. The van der Waals surface area contributed by atoms with Crippen molar-refractivity contribution in [1.29, 1.82) is 5.26 Å². The summed E-state index contributed by atoms with van der Waals surface area (Å²) in [6.07, 6.45) is -2.08. The predicted octanol–water partition coefficient (Wildman–Crippen LogP) is 2.81. The van der Waals surface area contributed by atoms with Crippen LogP contribution in [0.2, 0.25) is 0 Å². The number of nitrogens with zero attached hydrogens (tertiary/aromatic N) is 1. The summed E-state index contributed by atoms with van der Waals surface area (Å²) in [5.74, 6) is -0.750. The Morgan fingerprint density at radius 1 is 1.25 bits per heavy atom. The molecule has 0 bridgehead atoms. The Labute approximate surface area is 89.6 Å². The first kappa shape index (κ1) is 12.0. The van der Waals surface area contributed by atoms with Crippen molar-refractivity contribution >= 4 is 11.9 Å². The molecular weight excluding hydrogens is 219 g/mol. The van der Waals surface area contributed by atoms with Crippen LogP contribution in [0.25, 0.3) is 6.08 Å². The highest BCUT2D eigenvalue weighted by molar-refractivity contribution is 6.04. The van der Waals surface area contributed by atoms with E-state index in [0.29, 0.717) is 5.56 Å². The van der Waals surface area contributed by atoms with Crippen LogP contribution in [0.3, 0.4) is 0 Å². The second kappa shape index (κ2) is 4.62. The quantitative estimate of drug-likeness (QED) is 0.573. The van der Waals surface area contributed by atoms with Gasteiger partial charge in [-0.25, -0.2) is 0 Å². The fraction of sp³-hybridized carbons (Fsp3) is 0.0909. The molecule has 82 valence electrons. The number of carbonyl (C=O) groups is 1. The molecule has 0 aliphatic carbocycles. The van der Waals surface area contributed by atoms with E-state index in [1.165, 1.54) is 24.3 Å². The van der Waals surface area contributed by atoms with E-state index in [2.05, 4.69) is 0 Å². The smallest absolute Gasteiger partial charge is 0.278 e. The molecule has 0 aliphatic heterocycles. The zero-order valence-corrected chi connectivity index (χ0v) is 7.95. The number of nitriles is 1. The normalized spacial score (nSPS) is 11.4. The average molecular weight is 225 g/mol. The summed E-state index contributed by atoms with van der Waals surface area (Å²) in [4.78, 5) is 10.6. The highest BCUT2D eigenvalue weighted by atomic mass is 19.4. The SMILES string of the molecule is N#CC(=O)/C=C/c1ccc(C(F)(F)F)cc1. The Morgan fingerprint density at radius 3 is 2.25 bits per heavy atom. The van der Waals surface area contributed by atoms with Crippen molar-refractivity contribution in [2.75, 3.05) is 0 Å². The molecule has 0 amide bonds. The number of benzene rings is 1. The lowest BCUT2D eigenvalue weighted by molar-refractivity contribution is -0.137. The second-order valence-electron chi connectivity index (χ2n) is 2.93. The minimum Gasteiger partial charge on any atom is -0.278 e. The van der Waals surface area contributed by atoms with Crippen LogP contribution >= 0.6 is 0 Å². The molecular formula is C11H6F3NO. The molecule has 0 saturated heterocycles. The van der Waals surface area contributed by atoms with Crippen LogP contribution < -0.4 is 0 Å². The van der Waals surface area contributed by atoms with Gasteiger partial charge in [-0.1, -0.05) is 18.2 Å². The number of hydrogen-bond donors (Lipinski definition) is 0. The monoisotopic (exact) mass is 225 g/mol. The molecule has 0 spiro atoms. The Hall–Kier alpha value is -2.09. The standard InChI is InChI=1S/C11H6F3NO/c12-11(13,14)9-4-1-8(2-5-9)3-6-10(16)7-15/h1-6H/b6-3+. The van der Waals surface area contributed by atoms with Crippen LogP contribution in [0.5, 0.6) is 0 Å². The van der Waals surface area contributed by atoms with E-state index in [4.69, 9.17) is 5.26 Å². The van der Waals surface area contributed by atoms with Gasteiger partial charge >= 0.3 is 6.18 Å². The predicted molar refractivity (Wildman–Crippen MR) is 51.1 cm³/mol. The molecule has 0 N–H and O–H groups in total. The maximum Gasteiger partial charge on any atom is 0.416 e. The summed E-state index contributed by atoms with van der Waals surface area (Å²) >= 11 is 0. The summed E-state index contributed by atoms with van der Waals surface area (Å²) in [6.45, 7) is 0. The second-order valence-corrected chi connectivity index (χ2v) is 2.93. The van der Waals surface area contributed by atoms with Crippen molar-refractivity contribution < 1.29 is 18.0 Å². The number of alkyl halides is 3. The van der Waals surface area contributed by atoms with Crippen LogP contribution in [0.1, 0.15) is 11.1 Å². The molecule has 1 aromatic rings. The molecule has 0 radical (unpaired) electrons. The molecule has 0 aliphatic rings. The molecule has 0 unspecified atom stereocenters. The Kier molecular flexibility index (Phi) is 3.46. The molecule has 16 heavy (non-hydrogen) atoms. The van der Waals surface area contributed by atoms with Crippen LogP contribution in [0.15, 0.2) is 30.3 Å². The van der Waals surface area contributed by atoms with Gasteiger partial charge < -0.3 is 0 Å². The molecule has 5 heteroatoms. The van der Waals surface area contributed by atoms with Gasteiger partial charge in [0.2, 0.25) is 0 Å². The number of carbonyl (C=O) groups excluding carboxylic acids is 1. The molecule has 0 fully saturated rings. The van der Waals surface area contributed by atoms with Gasteiger partial charge in [0.15, 0.2) is 0 Å². The Bertz CT molecular complexity index is 452. The largest absolute Gasteiger partial charge is 0.416 e. The molecule has 1 rings (SSSR count). The lowest BCUT2D eigenvalue weighted by Gasteiger charge is -2.05. The van der Waals surface area contributed by atoms with Crippen LogP contribution in [-0.2, 0) is 11.0 Å². The number of ketones is 1. The average Bonchev–Trinajstić information content (AvgIpc) is 2.25. The third-order valence-corrected chi connectivity index (χ3v) is 1.78. The zero-order valence-electron chi connectivity index (χ0n) is 7.95. The third-order valence-electron chi connectivity index (χ3n) is 1.78. The summed E-state index contributed by atoms with van der Waals surface area (Å²) < 4.78 is 36.5. The van der Waals surface area contributed by atoms with Crippen molar-refractivity contribution in [3.05, 3.63) is 41.5 Å². The topological polar surface area (TPSA) is 40.9 Å². The fourth-order valence-electron chi connectivity index (χ4n) is 0.992. The number of rotatable bonds is 2. The Morgan fingerprint density at radius 2 is 1.81 bits per heavy atom. The van der Waals surface area contributed by atoms with E-state index in [0.717, 1.165) is 18.2 Å². The lowest BCUT2D eigenvalue weighted by Crippen LogP contribution is -2.03. The van der Waals surface area contributed by atoms with Crippen molar-refractivity contribution in [3.63, 3.8) is 0 Å². The van der Waals surface area contributed by atoms with Crippen LogP contribution in [0.4, 0.5) is 13.2 Å². The summed E-state index contributed by atoms with van der Waals surface area (Å²) in [7, 11) is 0. The fourth-order valence-corrected chi connectivity index (χ4v) is 0.992. The third kappa shape index (κ3) is 3.24. The van der Waals surface area contributed by atoms with Gasteiger partial charge in [0.25, 0.3) is 5.78 Å². The van der Waals surface area contributed by atoms with E-state index in [1.54, 1.807) is 0 Å². The highest BCUT2D eigenvalue weighted by Crippen LogP contribution is 2.29. The van der Waals surface area contributed by atoms with E-state index in [1.807, 2.05) is 0 Å². The van der Waals surface area contributed by atoms with Gasteiger partial charge in [-0.3, -0.25) is 4.79 Å².